The number of sulfonamides is 1. The average molecular weight is 362 g/mol. The minimum absolute atomic E-state index is 0.000454. The zero-order valence-corrected chi connectivity index (χ0v) is 13.7. The number of nitrogens with two attached hydrogens (primary N) is 1. The molecular weight excluding hydrogens is 346 g/mol. The maximum Gasteiger partial charge on any atom is 0.246 e. The van der Waals surface area contributed by atoms with Gasteiger partial charge in [0.25, 0.3) is 0 Å². The Morgan fingerprint density at radius 3 is 2.65 bits per heavy atom. The largest absolute Gasteiger partial charge is 0.495 e. The first-order chi connectivity index (χ1) is 9.38. The highest BCUT2D eigenvalue weighted by Gasteiger charge is 2.27. The number of nitriles is 1. The summed E-state index contributed by atoms with van der Waals surface area (Å²) >= 11 is 3.23. The first kappa shape index (κ1) is 16.8. The molecule has 1 rings (SSSR count). The first-order valence-corrected chi connectivity index (χ1v) is 8.11. The number of ether oxygens (including phenoxy) is 1. The number of anilines is 1. The Hall–Kier alpha value is -1.30. The molecule has 0 aliphatic heterocycles. The molecule has 0 saturated heterocycles. The molecule has 0 aliphatic rings. The third-order valence-electron chi connectivity index (χ3n) is 2.73. The van der Waals surface area contributed by atoms with Crippen LogP contribution in [0.1, 0.15) is 13.3 Å². The van der Waals surface area contributed by atoms with Crippen molar-refractivity contribution in [3.8, 4) is 11.8 Å². The second-order valence-corrected chi connectivity index (χ2v) is 6.69. The Labute approximate surface area is 127 Å². The van der Waals surface area contributed by atoms with Crippen molar-refractivity contribution in [2.24, 2.45) is 0 Å². The smallest absolute Gasteiger partial charge is 0.246 e. The molecule has 0 heterocycles. The van der Waals surface area contributed by atoms with E-state index >= 15 is 0 Å². The van der Waals surface area contributed by atoms with E-state index in [0.29, 0.717) is 10.2 Å². The normalized spacial score (nSPS) is 11.3. The molecule has 1 aromatic carbocycles. The van der Waals surface area contributed by atoms with Gasteiger partial charge in [-0.05, 0) is 28.1 Å². The summed E-state index contributed by atoms with van der Waals surface area (Å²) in [6, 6.07) is 4.80. The van der Waals surface area contributed by atoms with Crippen molar-refractivity contribution < 1.29 is 13.2 Å². The molecule has 0 saturated carbocycles. The predicted molar refractivity (Wildman–Crippen MR) is 79.8 cm³/mol. The van der Waals surface area contributed by atoms with Crippen LogP contribution in [0.25, 0.3) is 0 Å². The minimum Gasteiger partial charge on any atom is -0.495 e. The van der Waals surface area contributed by atoms with Crippen LogP contribution >= 0.6 is 15.9 Å². The summed E-state index contributed by atoms with van der Waals surface area (Å²) in [4.78, 5) is 0.000454. The Kier molecular flexibility index (Phi) is 5.80. The highest BCUT2D eigenvalue weighted by atomic mass is 79.9. The summed E-state index contributed by atoms with van der Waals surface area (Å²) in [5, 5.41) is 8.61. The minimum atomic E-state index is -3.75. The molecular formula is C12H16BrN3O3S. The number of nitrogens with zero attached hydrogens (tertiary/aromatic N) is 2. The molecule has 2 N–H and O–H groups in total. The Balaban J connectivity index is 3.34. The summed E-state index contributed by atoms with van der Waals surface area (Å²) in [6.45, 7) is 2.11. The number of benzene rings is 1. The second-order valence-electron chi connectivity index (χ2n) is 3.93. The van der Waals surface area contributed by atoms with Crippen molar-refractivity contribution in [3.63, 3.8) is 0 Å². The van der Waals surface area contributed by atoms with Gasteiger partial charge in [0, 0.05) is 29.7 Å². The standard InChI is InChI=1S/C12H16BrN3O3S/c1-3-16(6-4-5-14)20(17,18)12-8-10(15)9(13)7-11(12)19-2/h7-8H,3-4,6,15H2,1-2H3. The van der Waals surface area contributed by atoms with E-state index in [4.69, 9.17) is 15.7 Å². The lowest BCUT2D eigenvalue weighted by atomic mass is 10.3. The highest BCUT2D eigenvalue weighted by Crippen LogP contribution is 2.33. The van der Waals surface area contributed by atoms with Crippen LogP contribution < -0.4 is 10.5 Å². The number of nitrogen functional groups attached to an aromatic ring is 1. The molecule has 20 heavy (non-hydrogen) atoms. The molecule has 110 valence electrons. The van der Waals surface area contributed by atoms with Gasteiger partial charge in [-0.25, -0.2) is 8.42 Å². The molecule has 0 unspecified atom stereocenters. The van der Waals surface area contributed by atoms with Crippen molar-refractivity contribution in [2.45, 2.75) is 18.2 Å². The van der Waals surface area contributed by atoms with Gasteiger partial charge in [-0.2, -0.15) is 9.57 Å². The topological polar surface area (TPSA) is 96.4 Å². The van der Waals surface area contributed by atoms with Crippen LogP contribution in [-0.4, -0.2) is 32.9 Å². The third kappa shape index (κ3) is 3.42. The van der Waals surface area contributed by atoms with E-state index in [1.165, 1.54) is 23.5 Å². The quantitative estimate of drug-likeness (QED) is 0.781. The molecule has 0 bridgehead atoms. The van der Waals surface area contributed by atoms with Gasteiger partial charge < -0.3 is 10.5 Å². The van der Waals surface area contributed by atoms with Crippen LogP contribution in [0, 0.1) is 11.3 Å². The molecule has 0 spiro atoms. The van der Waals surface area contributed by atoms with E-state index in [1.807, 2.05) is 6.07 Å². The monoisotopic (exact) mass is 361 g/mol. The van der Waals surface area contributed by atoms with E-state index in [9.17, 15) is 8.42 Å². The molecule has 0 atom stereocenters. The maximum absolute atomic E-state index is 12.6. The van der Waals surface area contributed by atoms with Gasteiger partial charge in [0.1, 0.15) is 10.6 Å². The number of methoxy groups -OCH3 is 1. The summed E-state index contributed by atoms with van der Waals surface area (Å²) in [5.41, 5.74) is 6.05. The van der Waals surface area contributed by atoms with Crippen molar-refractivity contribution in [3.05, 3.63) is 16.6 Å². The average Bonchev–Trinajstić information content (AvgIpc) is 2.41. The van der Waals surface area contributed by atoms with Gasteiger partial charge in [-0.1, -0.05) is 6.92 Å². The number of rotatable bonds is 6. The third-order valence-corrected chi connectivity index (χ3v) is 5.41. The fourth-order valence-corrected chi connectivity index (χ4v) is 3.62. The fraction of sp³-hybridized carbons (Fsp3) is 0.417. The van der Waals surface area contributed by atoms with E-state index in [1.54, 1.807) is 6.92 Å². The molecule has 0 fully saturated rings. The zero-order chi connectivity index (χ0) is 15.3. The van der Waals surface area contributed by atoms with Gasteiger partial charge in [-0.3, -0.25) is 0 Å². The van der Waals surface area contributed by atoms with Gasteiger partial charge >= 0.3 is 0 Å². The Morgan fingerprint density at radius 1 is 1.50 bits per heavy atom. The van der Waals surface area contributed by atoms with E-state index < -0.39 is 10.0 Å². The maximum atomic E-state index is 12.6. The number of halogens is 1. The van der Waals surface area contributed by atoms with Crippen molar-refractivity contribution >= 4 is 31.6 Å². The van der Waals surface area contributed by atoms with Crippen molar-refractivity contribution in [1.82, 2.24) is 4.31 Å². The van der Waals surface area contributed by atoms with Crippen molar-refractivity contribution in [1.29, 1.82) is 5.26 Å². The van der Waals surface area contributed by atoms with Gasteiger partial charge in [0.2, 0.25) is 10.0 Å². The lowest BCUT2D eigenvalue weighted by molar-refractivity contribution is 0.394. The van der Waals surface area contributed by atoms with Gasteiger partial charge in [0.05, 0.1) is 13.2 Å². The second kappa shape index (κ2) is 6.92. The van der Waals surface area contributed by atoms with Crippen LogP contribution in [0.5, 0.6) is 5.75 Å². The van der Waals surface area contributed by atoms with E-state index in [-0.39, 0.29) is 30.2 Å². The molecule has 1 aromatic rings. The van der Waals surface area contributed by atoms with Crippen LogP contribution in [-0.2, 0) is 10.0 Å². The molecule has 6 nitrogen and oxygen atoms in total. The molecule has 8 heteroatoms. The number of hydrogen-bond donors (Lipinski definition) is 1. The SMILES string of the molecule is CCN(CCC#N)S(=O)(=O)c1cc(N)c(Br)cc1OC. The van der Waals surface area contributed by atoms with Gasteiger partial charge in [-0.15, -0.1) is 0 Å². The number of hydrogen-bond acceptors (Lipinski definition) is 5. The van der Waals surface area contributed by atoms with Crippen LogP contribution in [0.2, 0.25) is 0 Å². The molecule has 0 aliphatic carbocycles. The Morgan fingerprint density at radius 2 is 2.15 bits per heavy atom. The summed E-state index contributed by atoms with van der Waals surface area (Å²) < 4.78 is 32.1. The van der Waals surface area contributed by atoms with E-state index in [0.717, 1.165) is 0 Å². The molecule has 0 aromatic heterocycles. The fourth-order valence-electron chi connectivity index (χ4n) is 1.67. The molecule has 0 amide bonds. The van der Waals surface area contributed by atoms with Crippen molar-refractivity contribution in [2.75, 3.05) is 25.9 Å². The van der Waals surface area contributed by atoms with Gasteiger partial charge in [0.15, 0.2) is 0 Å². The Bertz CT molecular complexity index is 626. The van der Waals surface area contributed by atoms with E-state index in [2.05, 4.69) is 15.9 Å². The van der Waals surface area contributed by atoms with Crippen LogP contribution in [0.3, 0.4) is 0 Å². The zero-order valence-electron chi connectivity index (χ0n) is 11.3. The predicted octanol–water partition coefficient (Wildman–Crippen LogP) is 1.96. The van der Waals surface area contributed by atoms with Crippen LogP contribution in [0.4, 0.5) is 5.69 Å². The first-order valence-electron chi connectivity index (χ1n) is 5.88. The summed E-state index contributed by atoms with van der Waals surface area (Å²) in [7, 11) is -2.36. The lowest BCUT2D eigenvalue weighted by Gasteiger charge is -2.21. The summed E-state index contributed by atoms with van der Waals surface area (Å²) in [6.07, 6.45) is 0.126. The van der Waals surface area contributed by atoms with Crippen LogP contribution in [0.15, 0.2) is 21.5 Å². The molecule has 0 radical (unpaired) electrons. The lowest BCUT2D eigenvalue weighted by Crippen LogP contribution is -2.32. The highest BCUT2D eigenvalue weighted by molar-refractivity contribution is 9.10. The summed E-state index contributed by atoms with van der Waals surface area (Å²) in [5.74, 6) is 0.210.